The Kier molecular flexibility index (Phi) is 1.38. The molecule has 10 heavy (non-hydrogen) atoms. The second-order valence-corrected chi connectivity index (χ2v) is 1.68. The van der Waals surface area contributed by atoms with Gasteiger partial charge in [-0.1, -0.05) is 0 Å². The zero-order chi connectivity index (χ0) is 7.78. The first kappa shape index (κ1) is 7.04. The number of rotatable bonds is 0. The summed E-state index contributed by atoms with van der Waals surface area (Å²) in [5.41, 5.74) is 0. The highest BCUT2D eigenvalue weighted by Crippen LogP contribution is 2.24. The molecule has 0 aliphatic carbocycles. The molecule has 1 aromatic heterocycles. The van der Waals surface area contributed by atoms with Crippen LogP contribution < -0.4 is 4.98 Å². The van der Waals surface area contributed by atoms with E-state index in [-0.39, 0.29) is 5.82 Å². The SMILES string of the molecule is Cc1nnc(C(F)(F)F)[n-]1. The summed E-state index contributed by atoms with van der Waals surface area (Å²) in [5.74, 6) is -1.14. The van der Waals surface area contributed by atoms with Crippen LogP contribution in [0.5, 0.6) is 0 Å². The molecule has 0 unspecified atom stereocenters. The third-order valence-corrected chi connectivity index (χ3v) is 0.811. The van der Waals surface area contributed by atoms with Crippen molar-refractivity contribution in [1.82, 2.24) is 15.2 Å². The minimum atomic E-state index is -4.47. The van der Waals surface area contributed by atoms with E-state index in [4.69, 9.17) is 0 Å². The molecule has 0 aliphatic heterocycles. The largest absolute Gasteiger partial charge is 0.421 e. The highest BCUT2D eigenvalue weighted by atomic mass is 19.4. The molecule has 0 saturated heterocycles. The van der Waals surface area contributed by atoms with Crippen LogP contribution in [0.15, 0.2) is 0 Å². The normalized spacial score (nSPS) is 12.0. The Balaban J connectivity index is 2.96. The fraction of sp³-hybridized carbons (Fsp3) is 0.500. The molecule has 0 aliphatic rings. The minimum absolute atomic E-state index is 0.0346. The number of nitrogens with zero attached hydrogens (tertiary/aromatic N) is 3. The second kappa shape index (κ2) is 1.96. The zero-order valence-corrected chi connectivity index (χ0v) is 4.98. The average molecular weight is 150 g/mol. The Morgan fingerprint density at radius 3 is 2.10 bits per heavy atom. The average Bonchev–Trinajstić information content (AvgIpc) is 2.11. The van der Waals surface area contributed by atoms with Gasteiger partial charge in [0.05, 0.1) is 5.82 Å². The van der Waals surface area contributed by atoms with Gasteiger partial charge >= 0.3 is 6.18 Å². The topological polar surface area (TPSA) is 39.9 Å². The van der Waals surface area contributed by atoms with Crippen LogP contribution in [0.2, 0.25) is 0 Å². The number of halogens is 3. The maximum absolute atomic E-state index is 11.6. The van der Waals surface area contributed by atoms with Gasteiger partial charge in [0, 0.05) is 0 Å². The molecule has 0 fully saturated rings. The molecular formula is C4H3F3N3-. The van der Waals surface area contributed by atoms with E-state index in [1.807, 2.05) is 0 Å². The van der Waals surface area contributed by atoms with Crippen LogP contribution in [-0.2, 0) is 6.18 Å². The van der Waals surface area contributed by atoms with Crippen molar-refractivity contribution in [1.29, 1.82) is 0 Å². The number of alkyl halides is 3. The first-order valence-electron chi connectivity index (χ1n) is 2.41. The third kappa shape index (κ3) is 1.26. The molecule has 6 heteroatoms. The van der Waals surface area contributed by atoms with Crippen LogP contribution >= 0.6 is 0 Å². The van der Waals surface area contributed by atoms with Crippen molar-refractivity contribution in [2.24, 2.45) is 0 Å². The molecule has 0 atom stereocenters. The van der Waals surface area contributed by atoms with E-state index in [2.05, 4.69) is 15.2 Å². The van der Waals surface area contributed by atoms with Crippen molar-refractivity contribution in [3.63, 3.8) is 0 Å². The van der Waals surface area contributed by atoms with Gasteiger partial charge in [-0.2, -0.15) is 13.2 Å². The summed E-state index contributed by atoms with van der Waals surface area (Å²) in [6, 6.07) is 0. The monoisotopic (exact) mass is 150 g/mol. The lowest BCUT2D eigenvalue weighted by Crippen LogP contribution is -2.08. The van der Waals surface area contributed by atoms with E-state index in [0.29, 0.717) is 0 Å². The first-order chi connectivity index (χ1) is 4.50. The number of hydrogen-bond donors (Lipinski definition) is 0. The predicted molar refractivity (Wildman–Crippen MR) is 25.1 cm³/mol. The highest BCUT2D eigenvalue weighted by molar-refractivity contribution is 4.90. The molecule has 3 nitrogen and oxygen atoms in total. The zero-order valence-electron chi connectivity index (χ0n) is 4.98. The van der Waals surface area contributed by atoms with Crippen LogP contribution in [0.25, 0.3) is 0 Å². The molecule has 0 aromatic carbocycles. The van der Waals surface area contributed by atoms with Crippen molar-refractivity contribution in [3.8, 4) is 0 Å². The summed E-state index contributed by atoms with van der Waals surface area (Å²) in [6.07, 6.45) is -4.47. The van der Waals surface area contributed by atoms with E-state index < -0.39 is 12.0 Å². The van der Waals surface area contributed by atoms with Gasteiger partial charge < -0.3 is 15.2 Å². The first-order valence-corrected chi connectivity index (χ1v) is 2.41. The van der Waals surface area contributed by atoms with Crippen LogP contribution in [-0.4, -0.2) is 10.2 Å². The van der Waals surface area contributed by atoms with Crippen LogP contribution in [0.3, 0.4) is 0 Å². The van der Waals surface area contributed by atoms with Crippen LogP contribution in [0.1, 0.15) is 11.6 Å². The summed E-state index contributed by atoms with van der Waals surface area (Å²) in [7, 11) is 0. The number of aryl methyl sites for hydroxylation is 1. The van der Waals surface area contributed by atoms with E-state index >= 15 is 0 Å². The van der Waals surface area contributed by atoms with Gasteiger partial charge in [-0.15, -0.1) is 0 Å². The van der Waals surface area contributed by atoms with Crippen LogP contribution in [0, 0.1) is 6.92 Å². The molecule has 0 saturated carbocycles. The Hall–Kier alpha value is -1.07. The maximum Gasteiger partial charge on any atom is 0.421 e. The second-order valence-electron chi connectivity index (χ2n) is 1.68. The van der Waals surface area contributed by atoms with Crippen LogP contribution in [0.4, 0.5) is 13.2 Å². The molecule has 1 heterocycles. The Morgan fingerprint density at radius 2 is 1.90 bits per heavy atom. The minimum Gasteiger partial charge on any atom is -0.359 e. The van der Waals surface area contributed by atoms with E-state index in [1.165, 1.54) is 6.92 Å². The molecule has 1 rings (SSSR count). The number of aromatic nitrogens is 3. The van der Waals surface area contributed by atoms with Crippen molar-refractivity contribution in [2.75, 3.05) is 0 Å². The summed E-state index contributed by atoms with van der Waals surface area (Å²) >= 11 is 0. The standard InChI is InChI=1S/C4H3F3N3/c1-2-8-3(10-9-2)4(5,6)7/h1H3/q-1. The summed E-state index contributed by atoms with van der Waals surface area (Å²) in [6.45, 7) is 1.35. The summed E-state index contributed by atoms with van der Waals surface area (Å²) in [4.78, 5) is 3.03. The fourth-order valence-electron chi connectivity index (χ4n) is 0.438. The van der Waals surface area contributed by atoms with Gasteiger partial charge in [-0.05, 0) is 12.7 Å². The van der Waals surface area contributed by atoms with Crippen molar-refractivity contribution >= 4 is 0 Å². The van der Waals surface area contributed by atoms with Crippen molar-refractivity contribution in [2.45, 2.75) is 13.1 Å². The lowest BCUT2D eigenvalue weighted by Gasteiger charge is -2.03. The molecule has 0 radical (unpaired) electrons. The summed E-state index contributed by atoms with van der Waals surface area (Å²) in [5, 5.41) is 5.90. The molecule has 56 valence electrons. The predicted octanol–water partition coefficient (Wildman–Crippen LogP) is 0.761. The quantitative estimate of drug-likeness (QED) is 0.548. The van der Waals surface area contributed by atoms with Gasteiger partial charge in [0.15, 0.2) is 0 Å². The smallest absolute Gasteiger partial charge is 0.359 e. The van der Waals surface area contributed by atoms with E-state index in [1.54, 1.807) is 0 Å². The molecule has 0 spiro atoms. The molecule has 0 N–H and O–H groups in total. The molecular weight excluding hydrogens is 147 g/mol. The lowest BCUT2D eigenvalue weighted by molar-refractivity contribution is -0.145. The highest BCUT2D eigenvalue weighted by Gasteiger charge is 2.29. The van der Waals surface area contributed by atoms with Gasteiger partial charge in [0.1, 0.15) is 0 Å². The number of hydrogen-bond acceptors (Lipinski definition) is 2. The van der Waals surface area contributed by atoms with E-state index in [0.717, 1.165) is 0 Å². The molecule has 0 bridgehead atoms. The molecule has 0 amide bonds. The lowest BCUT2D eigenvalue weighted by atomic mass is 10.6. The summed E-state index contributed by atoms with van der Waals surface area (Å²) < 4.78 is 34.9. The molecule has 1 aromatic rings. The van der Waals surface area contributed by atoms with E-state index in [9.17, 15) is 13.2 Å². The maximum atomic E-state index is 11.6. The fourth-order valence-corrected chi connectivity index (χ4v) is 0.438. The third-order valence-electron chi connectivity index (χ3n) is 0.811. The Morgan fingerprint density at radius 1 is 1.30 bits per heavy atom. The van der Waals surface area contributed by atoms with Crippen molar-refractivity contribution in [3.05, 3.63) is 11.6 Å². The Bertz CT molecular complexity index is 226. The van der Waals surface area contributed by atoms with Gasteiger partial charge in [-0.3, -0.25) is 0 Å². The van der Waals surface area contributed by atoms with Gasteiger partial charge in [0.25, 0.3) is 0 Å². The Labute approximate surface area is 54.3 Å². The van der Waals surface area contributed by atoms with Gasteiger partial charge in [-0.25, -0.2) is 0 Å². The van der Waals surface area contributed by atoms with Gasteiger partial charge in [0.2, 0.25) is 0 Å². The van der Waals surface area contributed by atoms with Crippen molar-refractivity contribution < 1.29 is 13.2 Å².